The second-order valence-corrected chi connectivity index (χ2v) is 6.45. The maximum absolute atomic E-state index is 9.68. The van der Waals surface area contributed by atoms with E-state index in [2.05, 4.69) is 37.1 Å². The van der Waals surface area contributed by atoms with Gasteiger partial charge in [-0.15, -0.1) is 0 Å². The summed E-state index contributed by atoms with van der Waals surface area (Å²) in [6.07, 6.45) is 5.03. The highest BCUT2D eigenvalue weighted by Gasteiger charge is 2.47. The monoisotopic (exact) mass is 249 g/mol. The normalized spacial score (nSPS) is 28.3. The number of rotatable bonds is 6. The highest BCUT2D eigenvalue weighted by Crippen LogP contribution is 2.40. The van der Waals surface area contributed by atoms with Crippen molar-refractivity contribution in [1.82, 2.24) is 10.2 Å². The predicted octanol–water partition coefficient (Wildman–Crippen LogP) is 2.39. The van der Waals surface area contributed by atoms with Crippen LogP contribution in [0.15, 0.2) is 0 Å². The molecule has 2 fully saturated rings. The topological polar surface area (TPSA) is 39.1 Å². The molecule has 2 rings (SSSR count). The zero-order chi connectivity index (χ0) is 13.2. The Kier molecular flexibility index (Phi) is 4.29. The van der Waals surface area contributed by atoms with Crippen molar-refractivity contribution in [3.8, 4) is 6.07 Å². The number of nitriles is 1. The first-order valence-electron chi connectivity index (χ1n) is 7.51. The van der Waals surface area contributed by atoms with Crippen LogP contribution in [0.2, 0.25) is 0 Å². The Balaban J connectivity index is 1.99. The molecule has 3 nitrogen and oxygen atoms in total. The van der Waals surface area contributed by atoms with E-state index in [1.165, 1.54) is 38.8 Å². The van der Waals surface area contributed by atoms with Crippen molar-refractivity contribution in [2.75, 3.05) is 19.6 Å². The minimum absolute atomic E-state index is 0.295. The molecule has 0 radical (unpaired) electrons. The van der Waals surface area contributed by atoms with Gasteiger partial charge in [0.1, 0.15) is 5.54 Å². The van der Waals surface area contributed by atoms with Crippen LogP contribution in [0, 0.1) is 23.2 Å². The molecule has 1 N–H and O–H groups in total. The molecule has 1 aliphatic heterocycles. The molecule has 1 heterocycles. The van der Waals surface area contributed by atoms with Crippen molar-refractivity contribution in [2.45, 2.75) is 58.0 Å². The van der Waals surface area contributed by atoms with E-state index in [4.69, 9.17) is 0 Å². The summed E-state index contributed by atoms with van der Waals surface area (Å²) in [5, 5.41) is 13.2. The standard InChI is InChI=1S/C15H27N3/c1-4-13-7-8-18(9-13)11-15(10-16,14-5-6-14)17-12(2)3/h12-14,17H,4-9,11H2,1-3H3. The third kappa shape index (κ3) is 3.05. The Labute approximate surface area is 112 Å². The average molecular weight is 249 g/mol. The van der Waals surface area contributed by atoms with Gasteiger partial charge in [0.2, 0.25) is 0 Å². The molecule has 18 heavy (non-hydrogen) atoms. The zero-order valence-electron chi connectivity index (χ0n) is 12.1. The molecule has 0 amide bonds. The minimum atomic E-state index is -0.295. The summed E-state index contributed by atoms with van der Waals surface area (Å²) >= 11 is 0. The van der Waals surface area contributed by atoms with Crippen molar-refractivity contribution < 1.29 is 0 Å². The largest absolute Gasteiger partial charge is 0.300 e. The highest BCUT2D eigenvalue weighted by atomic mass is 15.2. The molecule has 0 bridgehead atoms. The summed E-state index contributed by atoms with van der Waals surface area (Å²) in [5.41, 5.74) is -0.295. The summed E-state index contributed by atoms with van der Waals surface area (Å²) in [7, 11) is 0. The van der Waals surface area contributed by atoms with Gasteiger partial charge in [-0.25, -0.2) is 0 Å². The minimum Gasteiger partial charge on any atom is -0.300 e. The van der Waals surface area contributed by atoms with Crippen LogP contribution in [0.5, 0.6) is 0 Å². The highest BCUT2D eigenvalue weighted by molar-refractivity contribution is 5.17. The molecule has 0 aromatic carbocycles. The van der Waals surface area contributed by atoms with Crippen LogP contribution < -0.4 is 5.32 Å². The predicted molar refractivity (Wildman–Crippen MR) is 74.2 cm³/mol. The summed E-state index contributed by atoms with van der Waals surface area (Å²) in [6.45, 7) is 9.85. The number of hydrogen-bond acceptors (Lipinski definition) is 3. The van der Waals surface area contributed by atoms with E-state index in [-0.39, 0.29) is 5.54 Å². The fraction of sp³-hybridized carbons (Fsp3) is 0.933. The lowest BCUT2D eigenvalue weighted by Gasteiger charge is -2.34. The van der Waals surface area contributed by atoms with Crippen LogP contribution in [0.4, 0.5) is 0 Å². The van der Waals surface area contributed by atoms with E-state index in [0.29, 0.717) is 12.0 Å². The van der Waals surface area contributed by atoms with Gasteiger partial charge in [0.25, 0.3) is 0 Å². The van der Waals surface area contributed by atoms with Crippen LogP contribution in [0.25, 0.3) is 0 Å². The number of hydrogen-bond donors (Lipinski definition) is 1. The van der Waals surface area contributed by atoms with Gasteiger partial charge in [0, 0.05) is 19.1 Å². The molecule has 3 heteroatoms. The van der Waals surface area contributed by atoms with Gasteiger partial charge in [0.15, 0.2) is 0 Å². The first-order valence-corrected chi connectivity index (χ1v) is 7.51. The first-order chi connectivity index (χ1) is 8.59. The summed E-state index contributed by atoms with van der Waals surface area (Å²) < 4.78 is 0. The zero-order valence-corrected chi connectivity index (χ0v) is 12.1. The van der Waals surface area contributed by atoms with Crippen LogP contribution in [0.1, 0.15) is 46.5 Å². The Morgan fingerprint density at radius 2 is 2.11 bits per heavy atom. The molecule has 1 aliphatic carbocycles. The average Bonchev–Trinajstić information content (AvgIpc) is 3.10. The van der Waals surface area contributed by atoms with E-state index >= 15 is 0 Å². The number of nitrogens with zero attached hydrogens (tertiary/aromatic N) is 2. The molecule has 0 aromatic rings. The number of likely N-dealkylation sites (tertiary alicyclic amines) is 1. The molecule has 2 unspecified atom stereocenters. The van der Waals surface area contributed by atoms with E-state index in [1.54, 1.807) is 0 Å². The number of nitrogens with one attached hydrogen (secondary N) is 1. The van der Waals surface area contributed by atoms with Gasteiger partial charge >= 0.3 is 0 Å². The maximum atomic E-state index is 9.68. The third-order valence-electron chi connectivity index (χ3n) is 4.44. The van der Waals surface area contributed by atoms with Crippen molar-refractivity contribution >= 4 is 0 Å². The summed E-state index contributed by atoms with van der Waals surface area (Å²) in [6, 6.07) is 3.00. The van der Waals surface area contributed by atoms with Crippen molar-refractivity contribution in [3.05, 3.63) is 0 Å². The SMILES string of the molecule is CCC1CCN(CC(C#N)(NC(C)C)C2CC2)C1. The van der Waals surface area contributed by atoms with Crippen LogP contribution in [-0.2, 0) is 0 Å². The van der Waals surface area contributed by atoms with E-state index in [0.717, 1.165) is 12.5 Å². The second kappa shape index (κ2) is 5.59. The molecular weight excluding hydrogens is 222 g/mol. The Morgan fingerprint density at radius 1 is 1.39 bits per heavy atom. The van der Waals surface area contributed by atoms with Gasteiger partial charge in [-0.2, -0.15) is 5.26 Å². The molecule has 2 aliphatic rings. The lowest BCUT2D eigenvalue weighted by molar-refractivity contribution is 0.212. The summed E-state index contributed by atoms with van der Waals surface area (Å²) in [4.78, 5) is 2.51. The first kappa shape index (κ1) is 13.8. The molecule has 2 atom stereocenters. The van der Waals surface area contributed by atoms with Crippen LogP contribution in [0.3, 0.4) is 0 Å². The molecule has 102 valence electrons. The Bertz CT molecular complexity index is 316. The third-order valence-corrected chi connectivity index (χ3v) is 4.44. The maximum Gasteiger partial charge on any atom is 0.122 e. The Morgan fingerprint density at radius 3 is 2.56 bits per heavy atom. The van der Waals surface area contributed by atoms with E-state index in [9.17, 15) is 5.26 Å². The second-order valence-electron chi connectivity index (χ2n) is 6.45. The van der Waals surface area contributed by atoms with Crippen molar-refractivity contribution in [1.29, 1.82) is 5.26 Å². The molecule has 0 aromatic heterocycles. The Hall–Kier alpha value is -0.590. The quantitative estimate of drug-likeness (QED) is 0.785. The molecule has 1 saturated carbocycles. The van der Waals surface area contributed by atoms with Crippen LogP contribution in [-0.4, -0.2) is 36.1 Å². The van der Waals surface area contributed by atoms with Gasteiger partial charge in [-0.1, -0.05) is 13.3 Å². The van der Waals surface area contributed by atoms with Gasteiger partial charge in [0.05, 0.1) is 6.07 Å². The molecule has 1 saturated heterocycles. The van der Waals surface area contributed by atoms with Gasteiger partial charge in [-0.3, -0.25) is 5.32 Å². The smallest absolute Gasteiger partial charge is 0.122 e. The fourth-order valence-electron chi connectivity index (χ4n) is 3.29. The van der Waals surface area contributed by atoms with Gasteiger partial charge < -0.3 is 4.90 Å². The van der Waals surface area contributed by atoms with Crippen LogP contribution >= 0.6 is 0 Å². The van der Waals surface area contributed by atoms with Crippen molar-refractivity contribution in [3.63, 3.8) is 0 Å². The molecule has 0 spiro atoms. The van der Waals surface area contributed by atoms with E-state index in [1.807, 2.05) is 0 Å². The summed E-state index contributed by atoms with van der Waals surface area (Å²) in [5.74, 6) is 1.42. The lowest BCUT2D eigenvalue weighted by atomic mass is 9.93. The molecular formula is C15H27N3. The van der Waals surface area contributed by atoms with E-state index < -0.39 is 0 Å². The fourth-order valence-corrected chi connectivity index (χ4v) is 3.29. The van der Waals surface area contributed by atoms with Gasteiger partial charge in [-0.05, 0) is 51.5 Å². The lowest BCUT2D eigenvalue weighted by Crippen LogP contribution is -2.56. The van der Waals surface area contributed by atoms with Crippen molar-refractivity contribution in [2.24, 2.45) is 11.8 Å².